The van der Waals surface area contributed by atoms with Gasteiger partial charge in [-0.15, -0.1) is 0 Å². The van der Waals surface area contributed by atoms with E-state index >= 15 is 0 Å². The van der Waals surface area contributed by atoms with Gasteiger partial charge < -0.3 is 42.0 Å². The second kappa shape index (κ2) is 11.4. The van der Waals surface area contributed by atoms with Gasteiger partial charge in [0.2, 0.25) is 17.7 Å². The van der Waals surface area contributed by atoms with E-state index in [0.717, 1.165) is 0 Å². The Hall–Kier alpha value is -3.52. The fraction of sp³-hybridized carbons (Fsp3) is 0.467. The van der Waals surface area contributed by atoms with Gasteiger partial charge in [0.1, 0.15) is 18.6 Å². The van der Waals surface area contributed by atoms with Crippen LogP contribution in [0, 0.1) is 0 Å². The molecular formula is C15H22N6O8. The van der Waals surface area contributed by atoms with Gasteiger partial charge in [-0.25, -0.2) is 4.98 Å². The first-order valence-corrected chi connectivity index (χ1v) is 8.30. The Labute approximate surface area is 163 Å². The SMILES string of the molecule is N[C@@H](Cc1c[nH]cn1)C(=O)N[C@@H](CO)C(=O)N[C@@H](CC(=O)O)C(=O)NCC(=O)O. The fourth-order valence-electron chi connectivity index (χ4n) is 2.14. The number of imidazole rings is 1. The number of aromatic amines is 1. The lowest BCUT2D eigenvalue weighted by molar-refractivity contribution is -0.141. The van der Waals surface area contributed by atoms with Crippen LogP contribution in [0.4, 0.5) is 0 Å². The number of carboxylic acids is 2. The molecule has 0 radical (unpaired) electrons. The first-order valence-electron chi connectivity index (χ1n) is 8.30. The highest BCUT2D eigenvalue weighted by Crippen LogP contribution is 1.99. The fourth-order valence-corrected chi connectivity index (χ4v) is 2.14. The summed E-state index contributed by atoms with van der Waals surface area (Å²) in [5.41, 5.74) is 6.21. The van der Waals surface area contributed by atoms with Crippen LogP contribution >= 0.6 is 0 Å². The van der Waals surface area contributed by atoms with E-state index in [0.29, 0.717) is 5.69 Å². The molecule has 0 fully saturated rings. The molecule has 1 heterocycles. The van der Waals surface area contributed by atoms with Crippen molar-refractivity contribution in [2.24, 2.45) is 5.73 Å². The normalized spacial score (nSPS) is 13.6. The lowest BCUT2D eigenvalue weighted by Crippen LogP contribution is -2.57. The zero-order valence-electron chi connectivity index (χ0n) is 15.1. The number of carbonyl (C=O) groups excluding carboxylic acids is 3. The minimum absolute atomic E-state index is 0.0499. The molecule has 9 N–H and O–H groups in total. The number of nitrogens with two attached hydrogens (primary N) is 1. The first-order chi connectivity index (χ1) is 13.6. The number of amides is 3. The summed E-state index contributed by atoms with van der Waals surface area (Å²) in [6.07, 6.45) is 2.12. The quantitative estimate of drug-likeness (QED) is 0.164. The van der Waals surface area contributed by atoms with E-state index in [-0.39, 0.29) is 6.42 Å². The monoisotopic (exact) mass is 414 g/mol. The van der Waals surface area contributed by atoms with Crippen LogP contribution in [0.1, 0.15) is 12.1 Å². The van der Waals surface area contributed by atoms with E-state index in [1.807, 2.05) is 5.32 Å². The Morgan fingerprint density at radius 3 is 2.21 bits per heavy atom. The Kier molecular flexibility index (Phi) is 9.21. The molecule has 0 bridgehead atoms. The van der Waals surface area contributed by atoms with Gasteiger partial charge in [-0.05, 0) is 0 Å². The van der Waals surface area contributed by atoms with Gasteiger partial charge >= 0.3 is 11.9 Å². The average molecular weight is 414 g/mol. The molecule has 1 aromatic rings. The van der Waals surface area contributed by atoms with Crippen molar-refractivity contribution in [3.8, 4) is 0 Å². The van der Waals surface area contributed by atoms with Crippen LogP contribution in [0.15, 0.2) is 12.5 Å². The van der Waals surface area contributed by atoms with Crippen molar-refractivity contribution in [2.75, 3.05) is 13.2 Å². The maximum Gasteiger partial charge on any atom is 0.322 e. The highest BCUT2D eigenvalue weighted by Gasteiger charge is 2.29. The van der Waals surface area contributed by atoms with Gasteiger partial charge in [0.15, 0.2) is 0 Å². The van der Waals surface area contributed by atoms with E-state index in [9.17, 15) is 29.1 Å². The maximum atomic E-state index is 12.3. The van der Waals surface area contributed by atoms with Gasteiger partial charge in [0, 0.05) is 12.6 Å². The molecule has 1 aromatic heterocycles. The highest BCUT2D eigenvalue weighted by atomic mass is 16.4. The first kappa shape index (κ1) is 23.5. The van der Waals surface area contributed by atoms with Crippen LogP contribution in [0.25, 0.3) is 0 Å². The summed E-state index contributed by atoms with van der Waals surface area (Å²) in [5, 5.41) is 33.0. The van der Waals surface area contributed by atoms with Crippen molar-refractivity contribution in [2.45, 2.75) is 31.0 Å². The standard InChI is InChI=1S/C15H22N6O8/c16-8(1-7-3-17-6-19-7)13(27)21-10(5-22)15(29)20-9(2-11(23)24)14(28)18-4-12(25)26/h3,6,8-10,22H,1-2,4-5,16H2,(H,17,19)(H,18,28)(H,20,29)(H,21,27)(H,23,24)(H,25,26)/t8-,9-,10-/m0/s1. The number of hydrogen-bond acceptors (Lipinski definition) is 8. The molecule has 3 amide bonds. The summed E-state index contributed by atoms with van der Waals surface area (Å²) in [6, 6.07) is -4.23. The summed E-state index contributed by atoms with van der Waals surface area (Å²) in [7, 11) is 0. The number of rotatable bonds is 12. The highest BCUT2D eigenvalue weighted by molar-refractivity contribution is 5.95. The second-order valence-corrected chi connectivity index (χ2v) is 5.89. The molecule has 0 aliphatic rings. The lowest BCUT2D eigenvalue weighted by Gasteiger charge is -2.22. The zero-order chi connectivity index (χ0) is 22.0. The van der Waals surface area contributed by atoms with Crippen LogP contribution in [0.2, 0.25) is 0 Å². The zero-order valence-corrected chi connectivity index (χ0v) is 15.1. The molecule has 14 nitrogen and oxygen atoms in total. The molecule has 0 aromatic carbocycles. The van der Waals surface area contributed by atoms with Crippen molar-refractivity contribution in [1.82, 2.24) is 25.9 Å². The Bertz CT molecular complexity index is 737. The summed E-state index contributed by atoms with van der Waals surface area (Å²) in [5.74, 6) is -5.70. The number of aliphatic hydroxyl groups is 1. The predicted molar refractivity (Wildman–Crippen MR) is 94.1 cm³/mol. The van der Waals surface area contributed by atoms with E-state index in [1.54, 1.807) is 0 Å². The number of carboxylic acid groups (broad SMARTS) is 2. The van der Waals surface area contributed by atoms with Gasteiger partial charge in [-0.1, -0.05) is 0 Å². The third-order valence-corrected chi connectivity index (χ3v) is 3.56. The molecule has 14 heteroatoms. The lowest BCUT2D eigenvalue weighted by atomic mass is 10.1. The molecular weight excluding hydrogens is 392 g/mol. The third-order valence-electron chi connectivity index (χ3n) is 3.56. The van der Waals surface area contributed by atoms with Gasteiger partial charge in [-0.3, -0.25) is 24.0 Å². The number of aliphatic carboxylic acids is 2. The molecule has 0 unspecified atom stereocenters. The molecule has 0 spiro atoms. The van der Waals surface area contributed by atoms with Gasteiger partial charge in [0.05, 0.1) is 31.1 Å². The number of H-pyrrole nitrogens is 1. The average Bonchev–Trinajstić information content (AvgIpc) is 3.15. The van der Waals surface area contributed by atoms with Crippen molar-refractivity contribution >= 4 is 29.7 Å². The summed E-state index contributed by atoms with van der Waals surface area (Å²) < 4.78 is 0. The molecule has 0 saturated carbocycles. The summed E-state index contributed by atoms with van der Waals surface area (Å²) in [6.45, 7) is -1.64. The van der Waals surface area contributed by atoms with E-state index in [1.165, 1.54) is 12.5 Å². The molecule has 0 aliphatic heterocycles. The van der Waals surface area contributed by atoms with E-state index < -0.39 is 67.4 Å². The molecule has 3 atom stereocenters. The predicted octanol–water partition coefficient (Wildman–Crippen LogP) is -4.08. The second-order valence-electron chi connectivity index (χ2n) is 5.89. The summed E-state index contributed by atoms with van der Waals surface area (Å²) in [4.78, 5) is 64.3. The number of aliphatic hydroxyl groups excluding tert-OH is 1. The molecule has 0 aliphatic carbocycles. The van der Waals surface area contributed by atoms with Crippen LogP contribution in [0.3, 0.4) is 0 Å². The number of hydrogen-bond donors (Lipinski definition) is 8. The van der Waals surface area contributed by atoms with Crippen molar-refractivity contribution in [1.29, 1.82) is 0 Å². The van der Waals surface area contributed by atoms with E-state index in [4.69, 9.17) is 15.9 Å². The topological polar surface area (TPSA) is 237 Å². The van der Waals surface area contributed by atoms with Gasteiger partial charge in [-0.2, -0.15) is 0 Å². The number of nitrogens with one attached hydrogen (secondary N) is 4. The van der Waals surface area contributed by atoms with Crippen LogP contribution in [-0.2, 0) is 30.4 Å². The number of carbonyl (C=O) groups is 5. The largest absolute Gasteiger partial charge is 0.481 e. The van der Waals surface area contributed by atoms with Crippen LogP contribution in [-0.4, -0.2) is 86.2 Å². The third kappa shape index (κ3) is 8.35. The molecule has 160 valence electrons. The van der Waals surface area contributed by atoms with Crippen molar-refractivity contribution < 1.29 is 39.3 Å². The van der Waals surface area contributed by atoms with Crippen LogP contribution in [0.5, 0.6) is 0 Å². The maximum absolute atomic E-state index is 12.3. The molecule has 1 rings (SSSR count). The van der Waals surface area contributed by atoms with E-state index in [2.05, 4.69) is 20.6 Å². The van der Waals surface area contributed by atoms with Crippen molar-refractivity contribution in [3.63, 3.8) is 0 Å². The Morgan fingerprint density at radius 1 is 1.03 bits per heavy atom. The molecule has 0 saturated heterocycles. The van der Waals surface area contributed by atoms with Crippen LogP contribution < -0.4 is 21.7 Å². The number of nitrogens with zero attached hydrogens (tertiary/aromatic N) is 1. The van der Waals surface area contributed by atoms with Gasteiger partial charge in [0.25, 0.3) is 0 Å². The minimum Gasteiger partial charge on any atom is -0.481 e. The van der Waals surface area contributed by atoms with Crippen molar-refractivity contribution in [3.05, 3.63) is 18.2 Å². The number of aromatic nitrogens is 2. The minimum atomic E-state index is -1.62. The smallest absolute Gasteiger partial charge is 0.322 e. The molecule has 29 heavy (non-hydrogen) atoms. The Morgan fingerprint density at radius 2 is 1.69 bits per heavy atom. The summed E-state index contributed by atoms with van der Waals surface area (Å²) >= 11 is 0. The Balaban J connectivity index is 2.71.